The first kappa shape index (κ1) is 17.3. The van der Waals surface area contributed by atoms with Gasteiger partial charge in [0.2, 0.25) is 5.43 Å². The Kier molecular flexibility index (Phi) is 4.00. The van der Waals surface area contributed by atoms with Gasteiger partial charge < -0.3 is 10.1 Å². The molecule has 136 valence electrons. The van der Waals surface area contributed by atoms with Gasteiger partial charge in [-0.05, 0) is 35.7 Å². The maximum absolute atomic E-state index is 13.1. The summed E-state index contributed by atoms with van der Waals surface area (Å²) in [6, 6.07) is 12.0. The van der Waals surface area contributed by atoms with Crippen molar-refractivity contribution in [1.82, 2.24) is 14.8 Å². The number of aromatic amines is 1. The lowest BCUT2D eigenvalue weighted by molar-refractivity contribution is 0.442. The van der Waals surface area contributed by atoms with Gasteiger partial charge in [0.1, 0.15) is 10.9 Å². The van der Waals surface area contributed by atoms with Gasteiger partial charge in [-0.3, -0.25) is 9.59 Å². The average Bonchev–Trinajstić information content (AvgIpc) is 2.64. The van der Waals surface area contributed by atoms with Crippen LogP contribution in [0.1, 0.15) is 25.3 Å². The summed E-state index contributed by atoms with van der Waals surface area (Å²) < 4.78 is 1.09. The molecule has 27 heavy (non-hydrogen) atoms. The monoisotopic (exact) mass is 381 g/mol. The minimum atomic E-state index is -0.589. The number of hydrogen-bond acceptors (Lipinski definition) is 4. The minimum Gasteiger partial charge on any atom is -0.491 e. The highest BCUT2D eigenvalue weighted by Crippen LogP contribution is 2.24. The molecule has 6 nitrogen and oxygen atoms in total. The van der Waals surface area contributed by atoms with Crippen molar-refractivity contribution >= 4 is 33.4 Å². The zero-order valence-corrected chi connectivity index (χ0v) is 15.4. The first-order valence-electron chi connectivity index (χ1n) is 8.45. The van der Waals surface area contributed by atoms with Gasteiger partial charge in [0.05, 0.1) is 11.2 Å². The van der Waals surface area contributed by atoms with E-state index in [4.69, 9.17) is 11.6 Å². The van der Waals surface area contributed by atoms with E-state index in [-0.39, 0.29) is 16.8 Å². The summed E-state index contributed by atoms with van der Waals surface area (Å²) in [6.45, 7) is 3.99. The molecule has 0 saturated carbocycles. The van der Waals surface area contributed by atoms with Gasteiger partial charge in [0, 0.05) is 10.4 Å². The van der Waals surface area contributed by atoms with Crippen LogP contribution in [-0.2, 0) is 0 Å². The molecule has 0 bridgehead atoms. The molecule has 2 heterocycles. The van der Waals surface area contributed by atoms with E-state index in [0.29, 0.717) is 21.6 Å². The van der Waals surface area contributed by atoms with Crippen molar-refractivity contribution < 1.29 is 5.11 Å². The Labute approximate surface area is 158 Å². The number of aromatic nitrogens is 3. The maximum Gasteiger partial charge on any atom is 0.285 e. The van der Waals surface area contributed by atoms with E-state index < -0.39 is 16.9 Å². The lowest BCUT2D eigenvalue weighted by Crippen LogP contribution is -2.27. The molecular formula is C20H16ClN3O3. The molecule has 0 atom stereocenters. The summed E-state index contributed by atoms with van der Waals surface area (Å²) in [4.78, 5) is 29.0. The van der Waals surface area contributed by atoms with Crippen molar-refractivity contribution in [3.05, 3.63) is 73.6 Å². The Morgan fingerprint density at radius 2 is 1.89 bits per heavy atom. The zero-order chi connectivity index (χ0) is 19.3. The molecule has 4 aromatic rings. The molecule has 0 unspecified atom stereocenters. The van der Waals surface area contributed by atoms with Gasteiger partial charge in [-0.15, -0.1) is 5.10 Å². The summed E-state index contributed by atoms with van der Waals surface area (Å²) >= 11 is 5.98. The number of para-hydroxylation sites is 1. The van der Waals surface area contributed by atoms with Crippen LogP contribution in [0.4, 0.5) is 0 Å². The molecule has 7 heteroatoms. The second kappa shape index (κ2) is 6.25. The van der Waals surface area contributed by atoms with Crippen LogP contribution in [0.15, 0.2) is 52.1 Å². The molecular weight excluding hydrogens is 366 g/mol. The average molecular weight is 382 g/mol. The molecule has 0 aliphatic rings. The zero-order valence-electron chi connectivity index (χ0n) is 14.7. The van der Waals surface area contributed by atoms with E-state index in [1.807, 2.05) is 26.0 Å². The first-order chi connectivity index (χ1) is 12.9. The lowest BCUT2D eigenvalue weighted by Gasteiger charge is -2.14. The fraction of sp³-hybridized carbons (Fsp3) is 0.150. The molecule has 0 aliphatic carbocycles. The topological polar surface area (TPSA) is 88.0 Å². The summed E-state index contributed by atoms with van der Waals surface area (Å²) in [6.07, 6.45) is 0. The molecule has 2 aromatic carbocycles. The summed E-state index contributed by atoms with van der Waals surface area (Å²) in [7, 11) is 0. The van der Waals surface area contributed by atoms with E-state index in [0.717, 1.165) is 10.2 Å². The van der Waals surface area contributed by atoms with Crippen LogP contribution in [0.25, 0.3) is 27.5 Å². The second-order valence-corrected chi connectivity index (χ2v) is 7.08. The van der Waals surface area contributed by atoms with E-state index in [1.54, 1.807) is 30.3 Å². The number of nitrogens with zero attached hydrogens (tertiary/aromatic N) is 2. The van der Waals surface area contributed by atoms with Crippen LogP contribution in [0, 0.1) is 0 Å². The Morgan fingerprint density at radius 1 is 1.15 bits per heavy atom. The van der Waals surface area contributed by atoms with Gasteiger partial charge in [-0.25, -0.2) is 0 Å². The van der Waals surface area contributed by atoms with Gasteiger partial charge in [-0.2, -0.15) is 4.68 Å². The number of benzene rings is 2. The minimum absolute atomic E-state index is 0.00181. The predicted molar refractivity (Wildman–Crippen MR) is 106 cm³/mol. The van der Waals surface area contributed by atoms with Crippen molar-refractivity contribution in [1.29, 1.82) is 0 Å². The highest BCUT2D eigenvalue weighted by atomic mass is 35.5. The molecule has 0 saturated heterocycles. The molecule has 0 fully saturated rings. The van der Waals surface area contributed by atoms with Crippen LogP contribution < -0.4 is 11.0 Å². The Hall–Kier alpha value is -3.12. The largest absolute Gasteiger partial charge is 0.491 e. The van der Waals surface area contributed by atoms with Gasteiger partial charge in [-0.1, -0.05) is 43.6 Å². The second-order valence-electron chi connectivity index (χ2n) is 6.65. The van der Waals surface area contributed by atoms with Crippen LogP contribution in [0.3, 0.4) is 0 Å². The number of rotatable bonds is 2. The maximum atomic E-state index is 13.1. The molecule has 4 rings (SSSR count). The summed E-state index contributed by atoms with van der Waals surface area (Å²) in [5.74, 6) is -0.299. The third-order valence-corrected chi connectivity index (χ3v) is 4.81. The van der Waals surface area contributed by atoms with Gasteiger partial charge >= 0.3 is 0 Å². The Morgan fingerprint density at radius 3 is 2.63 bits per heavy atom. The number of fused-ring (bicyclic) bond motifs is 2. The standard InChI is InChI=1S/C20H16ClN3O3/c1-10(2)12-5-3-4-6-15(12)24-20(27)16-17(19(26)23-24)22-14-9-11(21)7-8-13(14)18(16)25/h3-10H,1-2H3,(H,22,25)(H,23,26). The van der Waals surface area contributed by atoms with E-state index in [2.05, 4.69) is 10.1 Å². The van der Waals surface area contributed by atoms with Crippen LogP contribution in [0.5, 0.6) is 5.88 Å². The third-order valence-electron chi connectivity index (χ3n) is 4.57. The SMILES string of the molecule is CC(C)c1ccccc1-n1nc(O)c2[nH]c3cc(Cl)ccc3c(=O)c2c1=O. The van der Waals surface area contributed by atoms with Crippen molar-refractivity contribution in [3.8, 4) is 11.6 Å². The molecule has 2 aromatic heterocycles. The van der Waals surface area contributed by atoms with Crippen molar-refractivity contribution in [2.24, 2.45) is 0 Å². The van der Waals surface area contributed by atoms with Crippen molar-refractivity contribution in [3.63, 3.8) is 0 Å². The number of nitrogens with one attached hydrogen (secondary N) is 1. The van der Waals surface area contributed by atoms with E-state index in [1.165, 1.54) is 0 Å². The smallest absolute Gasteiger partial charge is 0.285 e. The quantitative estimate of drug-likeness (QED) is 0.518. The molecule has 0 amide bonds. The Bertz CT molecular complexity index is 1320. The van der Waals surface area contributed by atoms with Crippen molar-refractivity contribution in [2.75, 3.05) is 0 Å². The fourth-order valence-corrected chi connectivity index (χ4v) is 3.44. The number of halogens is 1. The van der Waals surface area contributed by atoms with Crippen LogP contribution >= 0.6 is 11.6 Å². The summed E-state index contributed by atoms with van der Waals surface area (Å²) in [5.41, 5.74) is 0.776. The number of pyridine rings is 1. The van der Waals surface area contributed by atoms with Gasteiger partial charge in [0.25, 0.3) is 11.4 Å². The Balaban J connectivity index is 2.16. The number of H-pyrrole nitrogens is 1. The van der Waals surface area contributed by atoms with E-state index in [9.17, 15) is 14.7 Å². The third kappa shape index (κ3) is 2.69. The normalized spacial score (nSPS) is 11.6. The van der Waals surface area contributed by atoms with Crippen molar-refractivity contribution in [2.45, 2.75) is 19.8 Å². The van der Waals surface area contributed by atoms with E-state index >= 15 is 0 Å². The molecule has 0 radical (unpaired) electrons. The lowest BCUT2D eigenvalue weighted by atomic mass is 10.0. The van der Waals surface area contributed by atoms with Crippen LogP contribution in [0.2, 0.25) is 5.02 Å². The fourth-order valence-electron chi connectivity index (χ4n) is 3.26. The summed E-state index contributed by atoms with van der Waals surface area (Å²) in [5, 5.41) is 15.1. The highest BCUT2D eigenvalue weighted by molar-refractivity contribution is 6.31. The molecule has 0 spiro atoms. The highest BCUT2D eigenvalue weighted by Gasteiger charge is 2.19. The molecule has 2 N–H and O–H groups in total. The number of aromatic hydroxyl groups is 1. The predicted octanol–water partition coefficient (Wildman–Crippen LogP) is 3.71. The first-order valence-corrected chi connectivity index (χ1v) is 8.83. The number of hydrogen-bond donors (Lipinski definition) is 2. The van der Waals surface area contributed by atoms with Gasteiger partial charge in [0.15, 0.2) is 0 Å². The van der Waals surface area contributed by atoms with Crippen LogP contribution in [-0.4, -0.2) is 19.9 Å². The molecule has 0 aliphatic heterocycles.